The molecule has 15 heavy (non-hydrogen) atoms. The predicted octanol–water partition coefficient (Wildman–Crippen LogP) is 1.90. The van der Waals surface area contributed by atoms with Gasteiger partial charge in [-0.15, -0.1) is 0 Å². The number of para-hydroxylation sites is 1. The van der Waals surface area contributed by atoms with Crippen molar-refractivity contribution in [2.24, 2.45) is 0 Å². The molecule has 80 valence electrons. The summed E-state index contributed by atoms with van der Waals surface area (Å²) in [5.74, 6) is 0. The molecule has 0 aliphatic carbocycles. The van der Waals surface area contributed by atoms with Crippen LogP contribution >= 0.6 is 0 Å². The molecule has 1 fully saturated rings. The standard InChI is InChI=1S/C11H14N2O2/c1-9-13(7-8-15-9)11(14)12-10-5-3-2-4-6-10/h2-6,9H,7-8H2,1H3,(H,12,14). The van der Waals surface area contributed by atoms with Gasteiger partial charge in [-0.05, 0) is 19.1 Å². The SMILES string of the molecule is CC1OCCN1C(=O)Nc1ccccc1. The topological polar surface area (TPSA) is 41.6 Å². The van der Waals surface area contributed by atoms with E-state index in [-0.39, 0.29) is 12.3 Å². The molecule has 0 spiro atoms. The Morgan fingerprint density at radius 3 is 2.80 bits per heavy atom. The summed E-state index contributed by atoms with van der Waals surface area (Å²) in [6, 6.07) is 9.31. The Labute approximate surface area is 88.8 Å². The second-order valence-corrected chi connectivity index (χ2v) is 3.46. The maximum atomic E-state index is 11.8. The van der Waals surface area contributed by atoms with E-state index < -0.39 is 0 Å². The molecule has 4 nitrogen and oxygen atoms in total. The van der Waals surface area contributed by atoms with Gasteiger partial charge in [-0.25, -0.2) is 4.79 Å². The van der Waals surface area contributed by atoms with E-state index in [4.69, 9.17) is 4.74 Å². The largest absolute Gasteiger partial charge is 0.357 e. The van der Waals surface area contributed by atoms with Gasteiger partial charge in [0, 0.05) is 12.2 Å². The van der Waals surface area contributed by atoms with Crippen LogP contribution in [-0.4, -0.2) is 30.3 Å². The van der Waals surface area contributed by atoms with Crippen LogP contribution in [0.3, 0.4) is 0 Å². The highest BCUT2D eigenvalue weighted by molar-refractivity contribution is 5.89. The Bertz CT molecular complexity index is 340. The number of carbonyl (C=O) groups excluding carboxylic acids is 1. The van der Waals surface area contributed by atoms with Gasteiger partial charge >= 0.3 is 6.03 Å². The molecule has 1 aliphatic rings. The summed E-state index contributed by atoms with van der Waals surface area (Å²) < 4.78 is 5.29. The average Bonchev–Trinajstić information content (AvgIpc) is 2.66. The Hall–Kier alpha value is -1.55. The molecule has 2 amide bonds. The molecule has 0 saturated carbocycles. The number of hydrogen-bond donors (Lipinski definition) is 1. The van der Waals surface area contributed by atoms with Gasteiger partial charge in [-0.2, -0.15) is 0 Å². The van der Waals surface area contributed by atoms with Crippen molar-refractivity contribution in [2.75, 3.05) is 18.5 Å². The van der Waals surface area contributed by atoms with Gasteiger partial charge in [-0.3, -0.25) is 4.90 Å². The molecular weight excluding hydrogens is 192 g/mol. The van der Waals surface area contributed by atoms with Crippen molar-refractivity contribution in [1.29, 1.82) is 0 Å². The van der Waals surface area contributed by atoms with Gasteiger partial charge < -0.3 is 10.1 Å². The van der Waals surface area contributed by atoms with E-state index in [9.17, 15) is 4.79 Å². The van der Waals surface area contributed by atoms with Crippen molar-refractivity contribution in [3.63, 3.8) is 0 Å². The molecule has 1 atom stereocenters. The van der Waals surface area contributed by atoms with E-state index in [0.29, 0.717) is 13.2 Å². The van der Waals surface area contributed by atoms with Gasteiger partial charge in [0.2, 0.25) is 0 Å². The normalized spacial score (nSPS) is 20.3. The average molecular weight is 206 g/mol. The predicted molar refractivity (Wildman–Crippen MR) is 57.6 cm³/mol. The zero-order chi connectivity index (χ0) is 10.7. The lowest BCUT2D eigenvalue weighted by Gasteiger charge is -2.19. The number of carbonyl (C=O) groups is 1. The summed E-state index contributed by atoms with van der Waals surface area (Å²) in [6.07, 6.45) is -0.131. The molecule has 0 aromatic heterocycles. The van der Waals surface area contributed by atoms with Crippen molar-refractivity contribution in [3.05, 3.63) is 30.3 Å². The van der Waals surface area contributed by atoms with E-state index in [0.717, 1.165) is 5.69 Å². The third kappa shape index (κ3) is 2.27. The highest BCUT2D eigenvalue weighted by Gasteiger charge is 2.25. The number of nitrogens with one attached hydrogen (secondary N) is 1. The number of benzene rings is 1. The van der Waals surface area contributed by atoms with Gasteiger partial charge in [-0.1, -0.05) is 18.2 Å². The highest BCUT2D eigenvalue weighted by Crippen LogP contribution is 2.12. The van der Waals surface area contributed by atoms with Crippen molar-refractivity contribution >= 4 is 11.7 Å². The van der Waals surface area contributed by atoms with Gasteiger partial charge in [0.1, 0.15) is 6.23 Å². The molecule has 1 saturated heterocycles. The van der Waals surface area contributed by atoms with E-state index >= 15 is 0 Å². The minimum atomic E-state index is -0.131. The van der Waals surface area contributed by atoms with Crippen LogP contribution < -0.4 is 5.32 Å². The molecule has 0 bridgehead atoms. The van der Waals surface area contributed by atoms with Crippen LogP contribution in [0.4, 0.5) is 10.5 Å². The lowest BCUT2D eigenvalue weighted by Crippen LogP contribution is -2.37. The fraction of sp³-hybridized carbons (Fsp3) is 0.364. The quantitative estimate of drug-likeness (QED) is 0.762. The molecule has 1 aromatic carbocycles. The number of nitrogens with zero attached hydrogens (tertiary/aromatic N) is 1. The molecule has 1 heterocycles. The fourth-order valence-corrected chi connectivity index (χ4v) is 1.58. The zero-order valence-electron chi connectivity index (χ0n) is 8.64. The zero-order valence-corrected chi connectivity index (χ0v) is 8.64. The minimum absolute atomic E-state index is 0.105. The number of anilines is 1. The monoisotopic (exact) mass is 206 g/mol. The number of rotatable bonds is 1. The van der Waals surface area contributed by atoms with E-state index in [1.165, 1.54) is 0 Å². The molecule has 1 unspecified atom stereocenters. The van der Waals surface area contributed by atoms with Crippen molar-refractivity contribution in [3.8, 4) is 0 Å². The number of urea groups is 1. The van der Waals surface area contributed by atoms with E-state index in [2.05, 4.69) is 5.32 Å². The van der Waals surface area contributed by atoms with E-state index in [1.807, 2.05) is 37.3 Å². The maximum Gasteiger partial charge on any atom is 0.323 e. The Morgan fingerprint density at radius 1 is 1.47 bits per heavy atom. The third-order valence-electron chi connectivity index (χ3n) is 2.42. The first-order valence-corrected chi connectivity index (χ1v) is 5.01. The van der Waals surface area contributed by atoms with Crippen molar-refractivity contribution < 1.29 is 9.53 Å². The Kier molecular flexibility index (Phi) is 2.87. The second-order valence-electron chi connectivity index (χ2n) is 3.46. The first kappa shape index (κ1) is 9.98. The summed E-state index contributed by atoms with van der Waals surface area (Å²) in [5, 5.41) is 2.82. The molecule has 0 radical (unpaired) electrons. The Balaban J connectivity index is 1.98. The summed E-state index contributed by atoms with van der Waals surface area (Å²) in [7, 11) is 0. The summed E-state index contributed by atoms with van der Waals surface area (Å²) in [6.45, 7) is 3.14. The van der Waals surface area contributed by atoms with E-state index in [1.54, 1.807) is 4.90 Å². The van der Waals surface area contributed by atoms with Gasteiger partial charge in [0.05, 0.1) is 6.61 Å². The number of hydrogen-bond acceptors (Lipinski definition) is 2. The molecule has 1 aliphatic heterocycles. The smallest absolute Gasteiger partial charge is 0.323 e. The van der Waals surface area contributed by atoms with Crippen LogP contribution in [0.25, 0.3) is 0 Å². The summed E-state index contributed by atoms with van der Waals surface area (Å²) >= 11 is 0. The highest BCUT2D eigenvalue weighted by atomic mass is 16.5. The first-order valence-electron chi connectivity index (χ1n) is 5.01. The van der Waals surface area contributed by atoms with Crippen molar-refractivity contribution in [1.82, 2.24) is 4.90 Å². The number of ether oxygens (including phenoxy) is 1. The van der Waals surface area contributed by atoms with Gasteiger partial charge in [0.15, 0.2) is 0 Å². The number of amides is 2. The summed E-state index contributed by atoms with van der Waals surface area (Å²) in [4.78, 5) is 13.4. The second kappa shape index (κ2) is 4.31. The minimum Gasteiger partial charge on any atom is -0.357 e. The van der Waals surface area contributed by atoms with Crippen LogP contribution in [0.1, 0.15) is 6.92 Å². The lowest BCUT2D eigenvalue weighted by atomic mass is 10.3. The van der Waals surface area contributed by atoms with Gasteiger partial charge in [0.25, 0.3) is 0 Å². The van der Waals surface area contributed by atoms with Crippen LogP contribution in [0.5, 0.6) is 0 Å². The molecule has 1 aromatic rings. The van der Waals surface area contributed by atoms with Crippen LogP contribution in [0.15, 0.2) is 30.3 Å². The third-order valence-corrected chi connectivity index (χ3v) is 2.42. The molecular formula is C11H14N2O2. The van der Waals surface area contributed by atoms with Crippen molar-refractivity contribution in [2.45, 2.75) is 13.2 Å². The molecule has 2 rings (SSSR count). The van der Waals surface area contributed by atoms with Crippen LogP contribution in [0, 0.1) is 0 Å². The lowest BCUT2D eigenvalue weighted by molar-refractivity contribution is 0.0682. The molecule has 4 heteroatoms. The maximum absolute atomic E-state index is 11.8. The van der Waals surface area contributed by atoms with Crippen LogP contribution in [-0.2, 0) is 4.74 Å². The Morgan fingerprint density at radius 2 is 2.20 bits per heavy atom. The summed E-state index contributed by atoms with van der Waals surface area (Å²) in [5.41, 5.74) is 0.807. The molecule has 1 N–H and O–H groups in total. The first-order chi connectivity index (χ1) is 7.27. The van der Waals surface area contributed by atoms with Crippen LogP contribution in [0.2, 0.25) is 0 Å². The fourth-order valence-electron chi connectivity index (χ4n) is 1.58.